The summed E-state index contributed by atoms with van der Waals surface area (Å²) in [6.45, 7) is -0.0198. The maximum absolute atomic E-state index is 12.9. The Morgan fingerprint density at radius 2 is 1.97 bits per heavy atom. The first-order valence-corrected chi connectivity index (χ1v) is 9.94. The topological polar surface area (TPSA) is 116 Å². The molecule has 5 rings (SSSR count). The molecule has 0 spiro atoms. The molecule has 150 valence electrons. The van der Waals surface area contributed by atoms with E-state index in [-0.39, 0.29) is 18.2 Å². The van der Waals surface area contributed by atoms with Gasteiger partial charge in [0.05, 0.1) is 17.1 Å². The first-order chi connectivity index (χ1) is 14.5. The van der Waals surface area contributed by atoms with E-state index in [4.69, 9.17) is 0 Å². The van der Waals surface area contributed by atoms with Crippen LogP contribution in [-0.2, 0) is 16.9 Å². The molecule has 0 saturated carbocycles. The van der Waals surface area contributed by atoms with Crippen LogP contribution in [0.25, 0.3) is 21.3 Å². The van der Waals surface area contributed by atoms with Crippen molar-refractivity contribution in [2.75, 3.05) is 0 Å². The minimum absolute atomic E-state index is 0.0198. The molecule has 0 radical (unpaired) electrons. The van der Waals surface area contributed by atoms with Gasteiger partial charge in [-0.05, 0) is 42.5 Å². The Balaban J connectivity index is 1.60. The number of pyridine rings is 1. The Labute approximate surface area is 174 Å². The molecule has 4 N–H and O–H groups in total. The molecular formula is C21H16N4O4S. The van der Waals surface area contributed by atoms with Crippen LogP contribution in [-0.4, -0.2) is 31.7 Å². The van der Waals surface area contributed by atoms with Crippen molar-refractivity contribution in [3.05, 3.63) is 65.8 Å². The van der Waals surface area contributed by atoms with E-state index < -0.39 is 17.5 Å². The molecule has 1 fully saturated rings. The maximum Gasteiger partial charge on any atom is 0.322 e. The zero-order valence-electron chi connectivity index (χ0n) is 15.5. The SMILES string of the molecule is O=C1NC(=O)C(Cn2cc3ccc(O)cc3c2O)(c2ccc(-c3ccccn3)s2)N1. The summed E-state index contributed by atoms with van der Waals surface area (Å²) in [6, 6.07) is 13.2. The molecule has 1 unspecified atom stereocenters. The number of amides is 3. The lowest BCUT2D eigenvalue weighted by molar-refractivity contribution is -0.124. The zero-order chi connectivity index (χ0) is 20.9. The third kappa shape index (κ3) is 2.79. The Kier molecular flexibility index (Phi) is 4.00. The number of benzene rings is 1. The number of phenolic OH excluding ortho intramolecular Hbond substituents is 1. The van der Waals surface area contributed by atoms with Crippen molar-refractivity contribution in [2.45, 2.75) is 12.1 Å². The van der Waals surface area contributed by atoms with Crippen LogP contribution < -0.4 is 10.6 Å². The molecule has 1 aliphatic heterocycles. The molecule has 1 atom stereocenters. The lowest BCUT2D eigenvalue weighted by Gasteiger charge is -2.25. The Bertz CT molecular complexity index is 1300. The molecule has 3 amide bonds. The lowest BCUT2D eigenvalue weighted by Crippen LogP contribution is -2.46. The highest BCUT2D eigenvalue weighted by Gasteiger charge is 2.49. The fourth-order valence-electron chi connectivity index (χ4n) is 3.68. The predicted molar refractivity (Wildman–Crippen MR) is 111 cm³/mol. The lowest BCUT2D eigenvalue weighted by atomic mass is 9.97. The van der Waals surface area contributed by atoms with Crippen LogP contribution in [0, 0.1) is 0 Å². The number of phenols is 1. The fraction of sp³-hybridized carbons (Fsp3) is 0.0952. The zero-order valence-corrected chi connectivity index (χ0v) is 16.3. The minimum Gasteiger partial charge on any atom is -0.508 e. The number of hydrogen-bond acceptors (Lipinski definition) is 6. The van der Waals surface area contributed by atoms with Gasteiger partial charge in [0, 0.05) is 28.0 Å². The van der Waals surface area contributed by atoms with Crippen LogP contribution in [0.3, 0.4) is 0 Å². The summed E-state index contributed by atoms with van der Waals surface area (Å²) in [4.78, 5) is 30.8. The van der Waals surface area contributed by atoms with Gasteiger partial charge in [-0.2, -0.15) is 0 Å². The van der Waals surface area contributed by atoms with Crippen LogP contribution in [0.15, 0.2) is 60.9 Å². The number of thiophene rings is 1. The highest BCUT2D eigenvalue weighted by Crippen LogP contribution is 2.38. The number of aromatic hydroxyl groups is 2. The quantitative estimate of drug-likeness (QED) is 0.379. The number of hydrogen-bond donors (Lipinski definition) is 4. The van der Waals surface area contributed by atoms with Crippen molar-refractivity contribution in [3.8, 4) is 22.2 Å². The number of carbonyl (C=O) groups is 2. The van der Waals surface area contributed by atoms with Gasteiger partial charge in [-0.25, -0.2) is 4.79 Å². The number of carbonyl (C=O) groups excluding carboxylic acids is 2. The van der Waals surface area contributed by atoms with Crippen LogP contribution in [0.5, 0.6) is 11.6 Å². The second-order valence-corrected chi connectivity index (χ2v) is 8.13. The van der Waals surface area contributed by atoms with Crippen LogP contribution in [0.4, 0.5) is 4.79 Å². The molecular weight excluding hydrogens is 404 g/mol. The Morgan fingerprint density at radius 1 is 1.10 bits per heavy atom. The molecule has 9 heteroatoms. The number of rotatable bonds is 4. The van der Waals surface area contributed by atoms with Crippen molar-refractivity contribution in [1.82, 2.24) is 20.2 Å². The average molecular weight is 420 g/mol. The third-order valence-electron chi connectivity index (χ3n) is 5.14. The number of nitrogens with one attached hydrogen (secondary N) is 2. The van der Waals surface area contributed by atoms with E-state index in [1.165, 1.54) is 28.0 Å². The number of nitrogens with zero attached hydrogens (tertiary/aromatic N) is 2. The van der Waals surface area contributed by atoms with Crippen molar-refractivity contribution in [1.29, 1.82) is 0 Å². The van der Waals surface area contributed by atoms with Gasteiger partial charge in [-0.15, -0.1) is 11.3 Å². The molecule has 1 aliphatic rings. The van der Waals surface area contributed by atoms with Crippen molar-refractivity contribution < 1.29 is 19.8 Å². The van der Waals surface area contributed by atoms with Crippen LogP contribution >= 0.6 is 11.3 Å². The summed E-state index contributed by atoms with van der Waals surface area (Å²) in [5.41, 5.74) is -0.623. The van der Waals surface area contributed by atoms with Gasteiger partial charge in [0.15, 0.2) is 11.4 Å². The summed E-state index contributed by atoms with van der Waals surface area (Å²) in [5, 5.41) is 26.6. The van der Waals surface area contributed by atoms with Gasteiger partial charge < -0.3 is 20.1 Å². The Hall–Kier alpha value is -3.85. The second kappa shape index (κ2) is 6.60. The Morgan fingerprint density at radius 3 is 2.70 bits per heavy atom. The van der Waals surface area contributed by atoms with Crippen molar-refractivity contribution in [2.24, 2.45) is 0 Å². The second-order valence-electron chi connectivity index (χ2n) is 7.04. The van der Waals surface area contributed by atoms with E-state index in [0.29, 0.717) is 15.6 Å². The standard InChI is InChI=1S/C21H16N4O4S/c26-13-5-4-12-10-25(18(27)14(12)9-13)11-21(19(28)23-20(29)24-21)17-7-6-16(30-17)15-3-1-2-8-22-15/h1-10,26-27H,11H2,(H2,23,24,28,29). The molecule has 30 heavy (non-hydrogen) atoms. The molecule has 8 nitrogen and oxygen atoms in total. The van der Waals surface area contributed by atoms with Gasteiger partial charge in [-0.1, -0.05) is 6.07 Å². The summed E-state index contributed by atoms with van der Waals surface area (Å²) >= 11 is 1.35. The fourth-order valence-corrected chi connectivity index (χ4v) is 4.80. The molecule has 1 saturated heterocycles. The monoisotopic (exact) mass is 420 g/mol. The number of aromatic nitrogens is 2. The summed E-state index contributed by atoms with van der Waals surface area (Å²) < 4.78 is 1.50. The first kappa shape index (κ1) is 18.2. The molecule has 3 aromatic heterocycles. The van der Waals surface area contributed by atoms with Gasteiger partial charge in [-0.3, -0.25) is 15.1 Å². The summed E-state index contributed by atoms with van der Waals surface area (Å²) in [6.07, 6.45) is 3.37. The van der Waals surface area contributed by atoms with E-state index in [1.807, 2.05) is 24.3 Å². The third-order valence-corrected chi connectivity index (χ3v) is 6.41. The smallest absolute Gasteiger partial charge is 0.322 e. The summed E-state index contributed by atoms with van der Waals surface area (Å²) in [5.74, 6) is -0.576. The largest absolute Gasteiger partial charge is 0.508 e. The van der Waals surface area contributed by atoms with Crippen LogP contribution in [0.2, 0.25) is 0 Å². The van der Waals surface area contributed by atoms with Crippen LogP contribution in [0.1, 0.15) is 4.88 Å². The molecule has 4 heterocycles. The molecule has 0 bridgehead atoms. The van der Waals surface area contributed by atoms with E-state index in [1.54, 1.807) is 24.5 Å². The van der Waals surface area contributed by atoms with Crippen molar-refractivity contribution >= 4 is 34.0 Å². The predicted octanol–water partition coefficient (Wildman–Crippen LogP) is 2.91. The molecule has 1 aromatic carbocycles. The highest BCUT2D eigenvalue weighted by atomic mass is 32.1. The van der Waals surface area contributed by atoms with E-state index in [0.717, 1.165) is 10.6 Å². The van der Waals surface area contributed by atoms with Crippen molar-refractivity contribution in [3.63, 3.8) is 0 Å². The summed E-state index contributed by atoms with van der Waals surface area (Å²) in [7, 11) is 0. The molecule has 4 aromatic rings. The average Bonchev–Trinajstić information content (AvgIpc) is 3.41. The van der Waals surface area contributed by atoms with Gasteiger partial charge >= 0.3 is 6.03 Å². The van der Waals surface area contributed by atoms with E-state index in [9.17, 15) is 19.8 Å². The van der Waals surface area contributed by atoms with E-state index in [2.05, 4.69) is 15.6 Å². The van der Waals surface area contributed by atoms with Gasteiger partial charge in [0.2, 0.25) is 0 Å². The van der Waals surface area contributed by atoms with Gasteiger partial charge in [0.25, 0.3) is 5.91 Å². The number of fused-ring (bicyclic) bond motifs is 1. The first-order valence-electron chi connectivity index (χ1n) is 9.12. The highest BCUT2D eigenvalue weighted by molar-refractivity contribution is 7.15. The maximum atomic E-state index is 12.9. The van der Waals surface area contributed by atoms with E-state index >= 15 is 0 Å². The normalized spacial score (nSPS) is 18.5. The van der Waals surface area contributed by atoms with Gasteiger partial charge in [0.1, 0.15) is 5.75 Å². The number of imide groups is 1. The number of urea groups is 1. The molecule has 0 aliphatic carbocycles. The minimum atomic E-state index is -1.39.